The molecule has 0 atom stereocenters. The predicted molar refractivity (Wildman–Crippen MR) is 54.0 cm³/mol. The van der Waals surface area contributed by atoms with E-state index in [0.29, 0.717) is 0 Å². The van der Waals surface area contributed by atoms with Crippen LogP contribution < -0.4 is 0 Å². The number of hydrogen-bond acceptors (Lipinski definition) is 1. The van der Waals surface area contributed by atoms with Gasteiger partial charge in [-0.15, -0.1) is 0 Å². The number of hydrogen-bond donors (Lipinski definition) is 0. The summed E-state index contributed by atoms with van der Waals surface area (Å²) in [4.78, 5) is 11.7. The molecule has 0 radical (unpaired) electrons. The van der Waals surface area contributed by atoms with E-state index >= 15 is 0 Å². The van der Waals surface area contributed by atoms with Crippen molar-refractivity contribution in [1.82, 2.24) is 4.57 Å². The molecule has 0 saturated heterocycles. The fraction of sp³-hybridized carbons (Fsp3) is 0.545. The SMILES string of the molecule is CCc1ccc(C(=O)C(C)C)n1C. The average molecular weight is 179 g/mol. The highest BCUT2D eigenvalue weighted by Gasteiger charge is 2.14. The molecule has 0 spiro atoms. The third kappa shape index (κ3) is 1.82. The summed E-state index contributed by atoms with van der Waals surface area (Å²) in [6, 6.07) is 3.94. The van der Waals surface area contributed by atoms with E-state index in [2.05, 4.69) is 6.92 Å². The van der Waals surface area contributed by atoms with Crippen molar-refractivity contribution in [3.05, 3.63) is 23.5 Å². The second kappa shape index (κ2) is 3.77. The maximum absolute atomic E-state index is 11.7. The van der Waals surface area contributed by atoms with Gasteiger partial charge in [0.2, 0.25) is 0 Å². The molecule has 0 amide bonds. The molecule has 0 aliphatic carbocycles. The highest BCUT2D eigenvalue weighted by molar-refractivity contribution is 5.96. The summed E-state index contributed by atoms with van der Waals surface area (Å²) in [6.07, 6.45) is 0.974. The van der Waals surface area contributed by atoms with E-state index in [1.54, 1.807) is 0 Å². The molecule has 0 N–H and O–H groups in total. The van der Waals surface area contributed by atoms with Gasteiger partial charge in [0.05, 0.1) is 5.69 Å². The molecule has 1 heterocycles. The molecule has 72 valence electrons. The molecular formula is C11H17NO. The van der Waals surface area contributed by atoms with E-state index in [-0.39, 0.29) is 11.7 Å². The van der Waals surface area contributed by atoms with Gasteiger partial charge in [-0.1, -0.05) is 20.8 Å². The Balaban J connectivity index is 3.02. The van der Waals surface area contributed by atoms with E-state index < -0.39 is 0 Å². The first-order valence-electron chi connectivity index (χ1n) is 4.76. The zero-order chi connectivity index (χ0) is 10.0. The van der Waals surface area contributed by atoms with Crippen LogP contribution in [-0.4, -0.2) is 10.4 Å². The number of aromatic nitrogens is 1. The van der Waals surface area contributed by atoms with Gasteiger partial charge in [-0.3, -0.25) is 4.79 Å². The van der Waals surface area contributed by atoms with Crippen LogP contribution in [0.25, 0.3) is 0 Å². The van der Waals surface area contributed by atoms with Gasteiger partial charge in [-0.2, -0.15) is 0 Å². The van der Waals surface area contributed by atoms with Crippen LogP contribution in [0.2, 0.25) is 0 Å². The minimum absolute atomic E-state index is 0.0818. The van der Waals surface area contributed by atoms with Crippen molar-refractivity contribution in [3.8, 4) is 0 Å². The number of ketones is 1. The second-order valence-corrected chi connectivity index (χ2v) is 3.64. The van der Waals surface area contributed by atoms with Crippen LogP contribution in [0.5, 0.6) is 0 Å². The van der Waals surface area contributed by atoms with Crippen molar-refractivity contribution in [3.63, 3.8) is 0 Å². The third-order valence-electron chi connectivity index (χ3n) is 2.36. The van der Waals surface area contributed by atoms with E-state index in [9.17, 15) is 4.79 Å². The highest BCUT2D eigenvalue weighted by atomic mass is 16.1. The standard InChI is InChI=1S/C11H17NO/c1-5-9-6-7-10(12(9)4)11(13)8(2)3/h6-8H,5H2,1-4H3. The maximum Gasteiger partial charge on any atom is 0.181 e. The Labute approximate surface area is 79.6 Å². The Kier molecular flexibility index (Phi) is 2.91. The van der Waals surface area contributed by atoms with E-state index in [0.717, 1.165) is 12.1 Å². The van der Waals surface area contributed by atoms with Crippen LogP contribution in [0.3, 0.4) is 0 Å². The maximum atomic E-state index is 11.7. The fourth-order valence-corrected chi connectivity index (χ4v) is 1.45. The fourth-order valence-electron chi connectivity index (χ4n) is 1.45. The average Bonchev–Trinajstić information content (AvgIpc) is 2.45. The van der Waals surface area contributed by atoms with Crippen molar-refractivity contribution in [1.29, 1.82) is 0 Å². The number of nitrogens with zero attached hydrogens (tertiary/aromatic N) is 1. The zero-order valence-electron chi connectivity index (χ0n) is 8.79. The van der Waals surface area contributed by atoms with Gasteiger partial charge in [-0.05, 0) is 18.6 Å². The van der Waals surface area contributed by atoms with E-state index in [1.165, 1.54) is 5.69 Å². The Hall–Kier alpha value is -1.05. The molecule has 0 fully saturated rings. The van der Waals surface area contributed by atoms with Gasteiger partial charge < -0.3 is 4.57 Å². The summed E-state index contributed by atoms with van der Waals surface area (Å²) < 4.78 is 1.99. The molecule has 0 aliphatic heterocycles. The highest BCUT2D eigenvalue weighted by Crippen LogP contribution is 2.12. The van der Waals surface area contributed by atoms with Gasteiger partial charge in [-0.25, -0.2) is 0 Å². The van der Waals surface area contributed by atoms with Crippen molar-refractivity contribution in [2.24, 2.45) is 13.0 Å². The number of aryl methyl sites for hydroxylation is 1. The Morgan fingerprint density at radius 2 is 2.08 bits per heavy atom. The second-order valence-electron chi connectivity index (χ2n) is 3.64. The molecule has 0 bridgehead atoms. The first-order chi connectivity index (χ1) is 6.07. The smallest absolute Gasteiger partial charge is 0.181 e. The Morgan fingerprint density at radius 1 is 1.46 bits per heavy atom. The van der Waals surface area contributed by atoms with Crippen LogP contribution in [0, 0.1) is 5.92 Å². The first kappa shape index (κ1) is 10.0. The monoisotopic (exact) mass is 179 g/mol. The van der Waals surface area contributed by atoms with Gasteiger partial charge in [0.1, 0.15) is 0 Å². The van der Waals surface area contributed by atoms with Crippen LogP contribution in [0.1, 0.15) is 37.0 Å². The lowest BCUT2D eigenvalue weighted by Gasteiger charge is -2.07. The van der Waals surface area contributed by atoms with Crippen molar-refractivity contribution in [2.45, 2.75) is 27.2 Å². The van der Waals surface area contributed by atoms with Crippen LogP contribution in [0.15, 0.2) is 12.1 Å². The quantitative estimate of drug-likeness (QED) is 0.653. The first-order valence-corrected chi connectivity index (χ1v) is 4.76. The third-order valence-corrected chi connectivity index (χ3v) is 2.36. The minimum Gasteiger partial charge on any atom is -0.345 e. The van der Waals surface area contributed by atoms with Crippen molar-refractivity contribution < 1.29 is 4.79 Å². The Morgan fingerprint density at radius 3 is 2.46 bits per heavy atom. The molecule has 0 aromatic carbocycles. The number of carbonyl (C=O) groups excluding carboxylic acids is 1. The summed E-state index contributed by atoms with van der Waals surface area (Å²) in [5.41, 5.74) is 2.04. The summed E-state index contributed by atoms with van der Waals surface area (Å²) in [6.45, 7) is 5.96. The molecule has 1 aromatic heterocycles. The van der Waals surface area contributed by atoms with Crippen molar-refractivity contribution in [2.75, 3.05) is 0 Å². The molecule has 0 unspecified atom stereocenters. The topological polar surface area (TPSA) is 22.0 Å². The lowest BCUT2D eigenvalue weighted by atomic mass is 10.1. The Bertz CT molecular complexity index is 310. The number of rotatable bonds is 3. The largest absolute Gasteiger partial charge is 0.345 e. The van der Waals surface area contributed by atoms with Gasteiger partial charge in [0.15, 0.2) is 5.78 Å². The van der Waals surface area contributed by atoms with Gasteiger partial charge in [0.25, 0.3) is 0 Å². The summed E-state index contributed by atoms with van der Waals surface area (Å²) >= 11 is 0. The summed E-state index contributed by atoms with van der Waals surface area (Å²) in [5, 5.41) is 0. The molecule has 2 nitrogen and oxygen atoms in total. The van der Waals surface area contributed by atoms with Gasteiger partial charge >= 0.3 is 0 Å². The summed E-state index contributed by atoms with van der Waals surface area (Å²) in [7, 11) is 1.95. The van der Waals surface area contributed by atoms with E-state index in [4.69, 9.17) is 0 Å². The molecular weight excluding hydrogens is 162 g/mol. The molecule has 1 rings (SSSR count). The molecule has 13 heavy (non-hydrogen) atoms. The van der Waals surface area contributed by atoms with Crippen LogP contribution >= 0.6 is 0 Å². The predicted octanol–water partition coefficient (Wildman–Crippen LogP) is 2.43. The lowest BCUT2D eigenvalue weighted by Crippen LogP contribution is -2.12. The summed E-state index contributed by atoms with van der Waals surface area (Å²) in [5.74, 6) is 0.306. The lowest BCUT2D eigenvalue weighted by molar-refractivity contribution is 0.0931. The van der Waals surface area contributed by atoms with Crippen LogP contribution in [0.4, 0.5) is 0 Å². The zero-order valence-corrected chi connectivity index (χ0v) is 8.79. The van der Waals surface area contributed by atoms with Crippen LogP contribution in [-0.2, 0) is 13.5 Å². The number of carbonyl (C=O) groups is 1. The normalized spacial score (nSPS) is 10.8. The molecule has 1 aromatic rings. The van der Waals surface area contributed by atoms with Crippen molar-refractivity contribution >= 4 is 5.78 Å². The minimum atomic E-state index is 0.0818. The molecule has 0 saturated carbocycles. The molecule has 2 heteroatoms. The number of Topliss-reactive ketones (excluding diaryl/α,β-unsaturated/α-hetero) is 1. The van der Waals surface area contributed by atoms with Gasteiger partial charge in [0, 0.05) is 18.7 Å². The molecule has 0 aliphatic rings. The van der Waals surface area contributed by atoms with E-state index in [1.807, 2.05) is 37.6 Å².